The van der Waals surface area contributed by atoms with E-state index in [0.717, 1.165) is 0 Å². The molecule has 5 nitrogen and oxygen atoms in total. The van der Waals surface area contributed by atoms with Crippen LogP contribution in [0, 0.1) is 0 Å². The predicted molar refractivity (Wildman–Crippen MR) is 20.9 cm³/mol. The maximum Gasteiger partial charge on any atom is 0.402 e. The van der Waals surface area contributed by atoms with Crippen molar-refractivity contribution >= 4 is 12.5 Å². The number of carboxylic acid groups (broad SMARTS) is 2. The Bertz CT molecular complexity index is 72.0. The molecule has 5 heteroatoms. The van der Waals surface area contributed by atoms with Crippen LogP contribution in [0.15, 0.2) is 0 Å². The van der Waals surface area contributed by atoms with E-state index < -0.39 is 12.5 Å². The maximum absolute atomic E-state index is 8.78. The van der Waals surface area contributed by atoms with Crippen LogP contribution in [0.2, 0.25) is 0 Å². The van der Waals surface area contributed by atoms with Gasteiger partial charge in [-0.2, -0.15) is 0 Å². The molecule has 4 N–H and O–H groups in total. The van der Waals surface area contributed by atoms with Crippen molar-refractivity contribution < 1.29 is 21.2 Å². The van der Waals surface area contributed by atoms with Gasteiger partial charge in [-0.05, 0) is 0 Å². The fourth-order valence-corrected chi connectivity index (χ4v) is 0. The highest BCUT2D eigenvalue weighted by atomic mass is 16.4. The molecule has 0 aliphatic carbocycles. The van der Waals surface area contributed by atoms with Crippen molar-refractivity contribution in [3.8, 4) is 0 Å². The molecule has 0 fully saturated rings. The molecule has 0 heterocycles. The van der Waals surface area contributed by atoms with Crippen LogP contribution in [0.4, 0.5) is 4.79 Å². The molecule has 1 amide bonds. The van der Waals surface area contributed by atoms with Crippen LogP contribution in [0.25, 0.3) is 0 Å². The van der Waals surface area contributed by atoms with Crippen LogP contribution in [-0.4, -0.2) is 22.8 Å². The van der Waals surface area contributed by atoms with E-state index in [2.05, 4.69) is 5.73 Å². The van der Waals surface area contributed by atoms with E-state index in [1.54, 1.807) is 0 Å². The lowest BCUT2D eigenvalue weighted by molar-refractivity contribution is -0.122. The molecule has 42 valence electrons. The Morgan fingerprint density at radius 1 is 2.00 bits per heavy atom. The molecule has 0 saturated carbocycles. The summed E-state index contributed by atoms with van der Waals surface area (Å²) in [5, 5.41) is 14.3. The summed E-state index contributed by atoms with van der Waals surface area (Å²) in [5.41, 5.74) is 4.03. The van der Waals surface area contributed by atoms with Crippen molar-refractivity contribution in [2.24, 2.45) is 5.73 Å². The summed E-state index contributed by atoms with van der Waals surface area (Å²) in [6.07, 6.45) is -2.92. The summed E-state index contributed by atoms with van der Waals surface area (Å²) >= 11 is 0. The number of hydrogen-bond acceptors (Lipinski definition) is 2. The van der Waals surface area contributed by atoms with E-state index in [1.807, 2.05) is 0 Å². The van der Waals surface area contributed by atoms with E-state index in [9.17, 15) is 0 Å². The quantitative estimate of drug-likeness (QED) is 0.358. The molecule has 0 radical (unpaired) electrons. The number of rotatable bonds is 0. The molecule has 0 aliphatic rings. The second-order valence-electron chi connectivity index (χ2n) is 0.430. The average molecular weight is 108 g/mol. The van der Waals surface area contributed by atoms with Crippen LogP contribution in [0.5, 0.6) is 0 Å². The number of carbonyl (C=O) groups is 2. The van der Waals surface area contributed by atoms with Gasteiger partial charge >= 0.3 is 6.09 Å². The van der Waals surface area contributed by atoms with Gasteiger partial charge in [0.15, 0.2) is 1.37 Å². The minimum Gasteiger partial charge on any atom is -0.483 e. The largest absolute Gasteiger partial charge is 0.483 e. The highest BCUT2D eigenvalue weighted by molar-refractivity contribution is 5.61. The Balaban J connectivity index is 0. The molecule has 0 bridgehead atoms. The fraction of sp³-hybridized carbons (Fsp3) is 0. The van der Waals surface area contributed by atoms with Crippen LogP contribution in [0.1, 0.15) is 1.37 Å². The lowest BCUT2D eigenvalue weighted by atomic mass is 11.3. The van der Waals surface area contributed by atoms with Gasteiger partial charge in [-0.1, -0.05) is 0 Å². The topological polar surface area (TPSA) is 101 Å². The Kier molecular flexibility index (Phi) is 7.24. The second kappa shape index (κ2) is 8.83. The maximum atomic E-state index is 8.78. The molecule has 7 heavy (non-hydrogen) atoms. The van der Waals surface area contributed by atoms with E-state index in [-0.39, 0.29) is 0 Å². The SMILES string of the molecule is NC(=O)O.[2H]C(=O)O. The second-order valence-corrected chi connectivity index (χ2v) is 0.430. The molecular formula is C2H5NO4. The normalized spacial score (nSPS) is 7.14. The highest BCUT2D eigenvalue weighted by Gasteiger charge is 1.65. The van der Waals surface area contributed by atoms with E-state index >= 15 is 0 Å². The molecule has 0 aromatic carbocycles. The Labute approximate surface area is 40.8 Å². The zero-order valence-corrected chi connectivity index (χ0v) is 3.29. The Morgan fingerprint density at radius 3 is 2.00 bits per heavy atom. The van der Waals surface area contributed by atoms with Crippen molar-refractivity contribution in [2.75, 3.05) is 0 Å². The van der Waals surface area contributed by atoms with Gasteiger partial charge in [-0.15, -0.1) is 0 Å². The average Bonchev–Trinajstić information content (AvgIpc) is 1.25. The van der Waals surface area contributed by atoms with Gasteiger partial charge in [0.25, 0.3) is 6.45 Å². The van der Waals surface area contributed by atoms with Gasteiger partial charge in [-0.3, -0.25) is 4.79 Å². The summed E-state index contributed by atoms with van der Waals surface area (Å²) in [6.45, 7) is 0. The fourth-order valence-electron chi connectivity index (χ4n) is 0. The van der Waals surface area contributed by atoms with Crippen molar-refractivity contribution in [3.63, 3.8) is 0 Å². The first kappa shape index (κ1) is 5.74. The third-order valence-electron chi connectivity index (χ3n) is 0. The molecule has 0 aromatic heterocycles. The summed E-state index contributed by atoms with van der Waals surface area (Å²) in [4.78, 5) is 17.4. The van der Waals surface area contributed by atoms with E-state index in [4.69, 9.17) is 21.2 Å². The van der Waals surface area contributed by atoms with Crippen molar-refractivity contribution in [1.29, 1.82) is 0 Å². The van der Waals surface area contributed by atoms with Gasteiger partial charge in [-0.25, -0.2) is 4.79 Å². The third-order valence-corrected chi connectivity index (χ3v) is 0. The lowest BCUT2D eigenvalue weighted by Crippen LogP contribution is -2.03. The number of primary amides is 1. The van der Waals surface area contributed by atoms with Crippen LogP contribution in [-0.2, 0) is 4.79 Å². The molecule has 0 aliphatic heterocycles. The van der Waals surface area contributed by atoms with E-state index in [0.29, 0.717) is 0 Å². The Morgan fingerprint density at radius 2 is 2.00 bits per heavy atom. The minimum atomic E-state index is -1.58. The van der Waals surface area contributed by atoms with Gasteiger partial charge in [0.05, 0.1) is 0 Å². The Hall–Kier alpha value is -1.26. The smallest absolute Gasteiger partial charge is 0.402 e. The first-order valence-corrected chi connectivity index (χ1v) is 1.14. The van der Waals surface area contributed by atoms with Crippen molar-refractivity contribution in [2.45, 2.75) is 0 Å². The van der Waals surface area contributed by atoms with Crippen molar-refractivity contribution in [1.82, 2.24) is 0 Å². The molecule has 0 unspecified atom stereocenters. The summed E-state index contributed by atoms with van der Waals surface area (Å²) < 4.78 is 5.50. The first-order chi connectivity index (χ1) is 3.46. The molecule has 0 saturated heterocycles. The van der Waals surface area contributed by atoms with Gasteiger partial charge < -0.3 is 15.9 Å². The van der Waals surface area contributed by atoms with Crippen molar-refractivity contribution in [3.05, 3.63) is 0 Å². The predicted octanol–water partition coefficient (Wildman–Crippen LogP) is -0.676. The summed E-state index contributed by atoms with van der Waals surface area (Å²) in [5.74, 6) is 0. The molecular weight excluding hydrogens is 102 g/mol. The van der Waals surface area contributed by atoms with Crippen LogP contribution in [0.3, 0.4) is 0 Å². The number of amides is 1. The zero-order chi connectivity index (χ0) is 7.15. The molecule has 0 rings (SSSR count). The standard InChI is InChI=1S/CH3NO2.CH2O2/c2-1(3)4;2-1-3/h2H2,(H,3,4);1H,(H,2,3)/i;1D. The zero-order valence-electron chi connectivity index (χ0n) is 4.29. The lowest BCUT2D eigenvalue weighted by Gasteiger charge is -1.61. The van der Waals surface area contributed by atoms with Gasteiger partial charge in [0.2, 0.25) is 0 Å². The number of hydrogen-bond donors (Lipinski definition) is 3. The number of nitrogens with two attached hydrogens (primary N) is 1. The van der Waals surface area contributed by atoms with Crippen LogP contribution >= 0.6 is 0 Å². The first-order valence-electron chi connectivity index (χ1n) is 1.64. The summed E-state index contributed by atoms with van der Waals surface area (Å²) in [6, 6.07) is 0. The third kappa shape index (κ3) is 22.4. The van der Waals surface area contributed by atoms with E-state index in [1.165, 1.54) is 0 Å². The summed E-state index contributed by atoms with van der Waals surface area (Å²) in [7, 11) is 0. The molecule has 0 atom stereocenters. The minimum absolute atomic E-state index is 1.33. The van der Waals surface area contributed by atoms with Gasteiger partial charge in [0.1, 0.15) is 0 Å². The molecule has 0 spiro atoms. The van der Waals surface area contributed by atoms with Crippen LogP contribution < -0.4 is 5.73 Å². The monoisotopic (exact) mass is 108 g/mol. The molecule has 0 aromatic rings. The highest BCUT2D eigenvalue weighted by Crippen LogP contribution is 1.34. The van der Waals surface area contributed by atoms with Gasteiger partial charge in [0, 0.05) is 0 Å².